The van der Waals surface area contributed by atoms with Crippen molar-refractivity contribution in [2.75, 3.05) is 5.75 Å². The van der Waals surface area contributed by atoms with Gasteiger partial charge in [-0.15, -0.1) is 11.8 Å². The normalized spacial score (nSPS) is 22.6. The van der Waals surface area contributed by atoms with Crippen molar-refractivity contribution in [3.63, 3.8) is 0 Å². The third-order valence-corrected chi connectivity index (χ3v) is 6.47. The molecule has 1 aromatic heterocycles. The first-order valence-electron chi connectivity index (χ1n) is 9.54. The van der Waals surface area contributed by atoms with Crippen LogP contribution in [0.1, 0.15) is 44.6 Å². The summed E-state index contributed by atoms with van der Waals surface area (Å²) < 4.78 is 19.5. The molecular weight excluding hydrogens is 363 g/mol. The van der Waals surface area contributed by atoms with Gasteiger partial charge in [-0.1, -0.05) is 38.8 Å². The summed E-state index contributed by atoms with van der Waals surface area (Å²) in [5.41, 5.74) is 1.11. The smallest absolute Gasteiger partial charge is 0.230 e. The Morgan fingerprint density at radius 2 is 2.11 bits per heavy atom. The lowest BCUT2D eigenvalue weighted by atomic mass is 9.78. The maximum atomic E-state index is 13.9. The summed E-state index contributed by atoms with van der Waals surface area (Å²) in [6.07, 6.45) is 3.49. The largest absolute Gasteiger partial charge is 0.441 e. The molecule has 1 aromatic carbocycles. The van der Waals surface area contributed by atoms with Crippen molar-refractivity contribution < 1.29 is 13.6 Å². The maximum absolute atomic E-state index is 13.9. The number of carbonyl (C=O) groups excluding carboxylic acids is 1. The lowest BCUT2D eigenvalue weighted by molar-refractivity contribution is -0.119. The van der Waals surface area contributed by atoms with E-state index in [9.17, 15) is 9.18 Å². The van der Waals surface area contributed by atoms with Crippen LogP contribution in [0.2, 0.25) is 0 Å². The van der Waals surface area contributed by atoms with E-state index in [1.807, 2.05) is 6.92 Å². The summed E-state index contributed by atoms with van der Waals surface area (Å²) in [5.74, 6) is 2.80. The minimum absolute atomic E-state index is 0.0708. The van der Waals surface area contributed by atoms with Gasteiger partial charge in [-0.05, 0) is 37.3 Å². The zero-order chi connectivity index (χ0) is 19.4. The van der Waals surface area contributed by atoms with Gasteiger partial charge >= 0.3 is 0 Å². The molecule has 1 fully saturated rings. The lowest BCUT2D eigenvalue weighted by Gasteiger charge is -2.34. The van der Waals surface area contributed by atoms with Crippen LogP contribution in [0.15, 0.2) is 28.7 Å². The Balaban J connectivity index is 1.52. The molecule has 146 valence electrons. The minimum Gasteiger partial charge on any atom is -0.441 e. The van der Waals surface area contributed by atoms with Crippen LogP contribution in [0, 0.1) is 24.6 Å². The summed E-state index contributed by atoms with van der Waals surface area (Å²) in [5, 5.41) is 3.19. The standard InChI is InChI=1S/C21H27FN2O2S/c1-13-7-6-10-18(14(13)2)23-20(25)12-27-11-19-15(3)26-21(24-19)16-8-4-5-9-17(16)22/h4-5,8-9,13-14,18H,6-7,10-12H2,1-3H3,(H,23,25). The molecule has 0 radical (unpaired) electrons. The number of carbonyl (C=O) groups is 1. The van der Waals surface area contributed by atoms with Gasteiger partial charge in [0, 0.05) is 11.8 Å². The molecule has 3 rings (SSSR count). The van der Waals surface area contributed by atoms with E-state index in [4.69, 9.17) is 4.42 Å². The fourth-order valence-corrected chi connectivity index (χ4v) is 4.42. The van der Waals surface area contributed by atoms with Crippen LogP contribution in [0.25, 0.3) is 11.5 Å². The van der Waals surface area contributed by atoms with Gasteiger partial charge in [-0.25, -0.2) is 9.37 Å². The molecule has 1 amide bonds. The third-order valence-electron chi connectivity index (χ3n) is 5.52. The Hall–Kier alpha value is -1.82. The third kappa shape index (κ3) is 4.92. The summed E-state index contributed by atoms with van der Waals surface area (Å²) in [6, 6.07) is 6.71. The van der Waals surface area contributed by atoms with E-state index in [-0.39, 0.29) is 23.7 Å². The first-order chi connectivity index (χ1) is 13.0. The Kier molecular flexibility index (Phi) is 6.58. The molecule has 6 heteroatoms. The maximum Gasteiger partial charge on any atom is 0.230 e. The van der Waals surface area contributed by atoms with Gasteiger partial charge < -0.3 is 9.73 Å². The zero-order valence-electron chi connectivity index (χ0n) is 16.1. The minimum atomic E-state index is -0.354. The van der Waals surface area contributed by atoms with Crippen LogP contribution in [0.4, 0.5) is 4.39 Å². The summed E-state index contributed by atoms with van der Waals surface area (Å²) in [7, 11) is 0. The lowest BCUT2D eigenvalue weighted by Crippen LogP contribution is -2.44. The zero-order valence-corrected chi connectivity index (χ0v) is 16.9. The van der Waals surface area contributed by atoms with Crippen molar-refractivity contribution in [3.05, 3.63) is 41.5 Å². The summed E-state index contributed by atoms with van der Waals surface area (Å²) in [6.45, 7) is 6.31. The first-order valence-corrected chi connectivity index (χ1v) is 10.7. The molecule has 0 spiro atoms. The van der Waals surface area contributed by atoms with Gasteiger partial charge in [0.2, 0.25) is 11.8 Å². The van der Waals surface area contributed by atoms with Crippen molar-refractivity contribution in [1.82, 2.24) is 10.3 Å². The Morgan fingerprint density at radius 3 is 2.89 bits per heavy atom. The Labute approximate surface area is 164 Å². The molecule has 2 aromatic rings. The Morgan fingerprint density at radius 1 is 1.33 bits per heavy atom. The molecular formula is C21H27FN2O2S. The molecule has 0 aliphatic heterocycles. The van der Waals surface area contributed by atoms with Crippen LogP contribution < -0.4 is 5.32 Å². The number of thioether (sulfide) groups is 1. The quantitative estimate of drug-likeness (QED) is 0.757. The first kappa shape index (κ1) is 19.9. The number of hydrogen-bond acceptors (Lipinski definition) is 4. The van der Waals surface area contributed by atoms with Gasteiger partial charge in [0.1, 0.15) is 11.6 Å². The van der Waals surface area contributed by atoms with Crippen LogP contribution in [0.5, 0.6) is 0 Å². The van der Waals surface area contributed by atoms with Crippen molar-refractivity contribution in [1.29, 1.82) is 0 Å². The number of aromatic nitrogens is 1. The predicted molar refractivity (Wildman–Crippen MR) is 107 cm³/mol. The van der Waals surface area contributed by atoms with E-state index in [1.165, 1.54) is 30.7 Å². The van der Waals surface area contributed by atoms with Crippen molar-refractivity contribution >= 4 is 17.7 Å². The number of amides is 1. The average molecular weight is 391 g/mol. The second-order valence-electron chi connectivity index (χ2n) is 7.44. The van der Waals surface area contributed by atoms with E-state index in [1.54, 1.807) is 18.2 Å². The van der Waals surface area contributed by atoms with Crippen LogP contribution >= 0.6 is 11.8 Å². The van der Waals surface area contributed by atoms with Crippen LogP contribution in [-0.2, 0) is 10.5 Å². The summed E-state index contributed by atoms with van der Waals surface area (Å²) >= 11 is 1.50. The molecule has 1 aliphatic rings. The predicted octanol–water partition coefficient (Wildman–Crippen LogP) is 4.96. The topological polar surface area (TPSA) is 55.1 Å². The number of oxazole rings is 1. The number of rotatable bonds is 6. The molecule has 3 atom stereocenters. The van der Waals surface area contributed by atoms with Gasteiger partial charge in [-0.3, -0.25) is 4.79 Å². The molecule has 0 saturated heterocycles. The highest BCUT2D eigenvalue weighted by Gasteiger charge is 2.28. The SMILES string of the molecule is Cc1oc(-c2ccccc2F)nc1CSCC(=O)NC1CCCC(C)C1C. The Bertz CT molecular complexity index is 792. The van der Waals surface area contributed by atoms with E-state index >= 15 is 0 Å². The highest BCUT2D eigenvalue weighted by atomic mass is 32.2. The van der Waals surface area contributed by atoms with Gasteiger partial charge in [0.05, 0.1) is 17.0 Å². The monoisotopic (exact) mass is 390 g/mol. The van der Waals surface area contributed by atoms with Crippen molar-refractivity contribution in [2.45, 2.75) is 51.8 Å². The van der Waals surface area contributed by atoms with E-state index in [2.05, 4.69) is 24.1 Å². The number of nitrogens with zero attached hydrogens (tertiary/aromatic N) is 1. The second kappa shape index (κ2) is 8.91. The number of hydrogen-bond donors (Lipinski definition) is 1. The molecule has 3 unspecified atom stereocenters. The number of aryl methyl sites for hydroxylation is 1. The molecule has 0 bridgehead atoms. The van der Waals surface area contributed by atoms with Gasteiger partial charge in [0.15, 0.2) is 0 Å². The molecule has 1 N–H and O–H groups in total. The highest BCUT2D eigenvalue weighted by Crippen LogP contribution is 2.30. The van der Waals surface area contributed by atoms with Crippen molar-refractivity contribution in [2.24, 2.45) is 11.8 Å². The van der Waals surface area contributed by atoms with E-state index in [0.29, 0.717) is 34.7 Å². The molecule has 4 nitrogen and oxygen atoms in total. The van der Waals surface area contributed by atoms with Crippen LogP contribution in [0.3, 0.4) is 0 Å². The fourth-order valence-electron chi connectivity index (χ4n) is 3.59. The van der Waals surface area contributed by atoms with Crippen LogP contribution in [-0.4, -0.2) is 22.7 Å². The molecule has 1 saturated carbocycles. The second-order valence-corrected chi connectivity index (χ2v) is 8.42. The van der Waals surface area contributed by atoms with E-state index < -0.39 is 0 Å². The number of halogens is 1. The van der Waals surface area contributed by atoms with Gasteiger partial charge in [0.25, 0.3) is 0 Å². The number of nitrogens with one attached hydrogen (secondary N) is 1. The summed E-state index contributed by atoms with van der Waals surface area (Å²) in [4.78, 5) is 16.7. The molecule has 1 aliphatic carbocycles. The fraction of sp³-hybridized carbons (Fsp3) is 0.524. The average Bonchev–Trinajstić information content (AvgIpc) is 3.00. The van der Waals surface area contributed by atoms with Gasteiger partial charge in [-0.2, -0.15) is 0 Å². The molecule has 1 heterocycles. The number of benzene rings is 1. The van der Waals surface area contributed by atoms with E-state index in [0.717, 1.165) is 12.1 Å². The molecule has 27 heavy (non-hydrogen) atoms. The highest BCUT2D eigenvalue weighted by molar-refractivity contribution is 7.99. The van der Waals surface area contributed by atoms with Crippen molar-refractivity contribution in [3.8, 4) is 11.5 Å².